The lowest BCUT2D eigenvalue weighted by Gasteiger charge is -2.39. The number of aromatic nitrogens is 2. The minimum atomic E-state index is -0.626. The molecule has 4 N–H and O–H groups in total. The van der Waals surface area contributed by atoms with Crippen LogP contribution in [0.1, 0.15) is 40.9 Å². The van der Waals surface area contributed by atoms with Crippen LogP contribution in [-0.2, 0) is 21.7 Å². The Morgan fingerprint density at radius 3 is 2.80 bits per heavy atom. The molecule has 1 aromatic carbocycles. The van der Waals surface area contributed by atoms with Crippen molar-refractivity contribution in [2.45, 2.75) is 37.5 Å². The van der Waals surface area contributed by atoms with E-state index in [0.717, 1.165) is 12.8 Å². The molecule has 3 aliphatic rings. The van der Waals surface area contributed by atoms with E-state index < -0.39 is 5.91 Å². The van der Waals surface area contributed by atoms with Gasteiger partial charge in [-0.2, -0.15) is 4.98 Å². The first kappa shape index (κ1) is 18.8. The Morgan fingerprint density at radius 1 is 1.27 bits per heavy atom. The lowest BCUT2D eigenvalue weighted by atomic mass is 9.84. The maximum atomic E-state index is 11.9. The number of fused-ring (bicyclic) bond motifs is 2. The monoisotopic (exact) mass is 408 g/mol. The molecule has 2 aromatic rings. The van der Waals surface area contributed by atoms with Gasteiger partial charge in [0.1, 0.15) is 17.6 Å². The summed E-state index contributed by atoms with van der Waals surface area (Å²) in [6.45, 7) is 2.65. The number of hydrogen-bond donors (Lipinski definition) is 3. The van der Waals surface area contributed by atoms with Crippen molar-refractivity contribution in [3.8, 4) is 0 Å². The summed E-state index contributed by atoms with van der Waals surface area (Å²) < 4.78 is 6.22. The Labute approximate surface area is 174 Å². The van der Waals surface area contributed by atoms with E-state index in [1.165, 1.54) is 17.2 Å². The van der Waals surface area contributed by atoms with Gasteiger partial charge in [0.25, 0.3) is 5.91 Å². The number of piperidine rings is 1. The summed E-state index contributed by atoms with van der Waals surface area (Å²) >= 11 is 0. The molecule has 2 saturated heterocycles. The van der Waals surface area contributed by atoms with Crippen LogP contribution in [0.2, 0.25) is 0 Å². The minimum Gasteiger partial charge on any atom is -0.365 e. The number of primary amides is 1. The fourth-order valence-electron chi connectivity index (χ4n) is 4.55. The molecule has 3 aliphatic heterocycles. The van der Waals surface area contributed by atoms with Crippen LogP contribution in [0.25, 0.3) is 0 Å². The normalized spacial score (nSPS) is 22.1. The SMILES string of the molecule is NC(=O)c1cc(NC2CCNC2=O)nc(N2CCC3(CC2)OCc2ccccc23)n1. The summed E-state index contributed by atoms with van der Waals surface area (Å²) in [5.74, 6) is 0.166. The van der Waals surface area contributed by atoms with Crippen molar-refractivity contribution in [2.75, 3.05) is 29.9 Å². The second-order valence-corrected chi connectivity index (χ2v) is 8.01. The molecule has 4 heterocycles. The van der Waals surface area contributed by atoms with Crippen molar-refractivity contribution < 1.29 is 14.3 Å². The van der Waals surface area contributed by atoms with Gasteiger partial charge in [0.15, 0.2) is 0 Å². The zero-order valence-corrected chi connectivity index (χ0v) is 16.6. The number of benzene rings is 1. The smallest absolute Gasteiger partial charge is 0.267 e. The first-order valence-electron chi connectivity index (χ1n) is 10.2. The van der Waals surface area contributed by atoms with Crippen molar-refractivity contribution >= 4 is 23.6 Å². The summed E-state index contributed by atoms with van der Waals surface area (Å²) in [4.78, 5) is 34.7. The summed E-state index contributed by atoms with van der Waals surface area (Å²) in [6.07, 6.45) is 2.27. The standard InChI is InChI=1S/C21H24N6O3/c22-18(28)16-11-17(24-15-5-8-23-19(15)29)26-20(25-16)27-9-6-21(7-10-27)14-4-2-1-3-13(14)12-30-21/h1-4,11,15H,5-10,12H2,(H2,22,28)(H,23,29)(H,24,25,26). The summed E-state index contributed by atoms with van der Waals surface area (Å²) in [7, 11) is 0. The molecule has 0 saturated carbocycles. The maximum absolute atomic E-state index is 11.9. The summed E-state index contributed by atoms with van der Waals surface area (Å²) in [5, 5.41) is 5.89. The Kier molecular flexibility index (Phi) is 4.54. The third kappa shape index (κ3) is 3.24. The predicted molar refractivity (Wildman–Crippen MR) is 110 cm³/mol. The average Bonchev–Trinajstić information content (AvgIpc) is 3.32. The molecule has 5 rings (SSSR count). The molecule has 2 amide bonds. The van der Waals surface area contributed by atoms with Crippen molar-refractivity contribution in [1.82, 2.24) is 15.3 Å². The van der Waals surface area contributed by atoms with Crippen LogP contribution in [0.3, 0.4) is 0 Å². The van der Waals surface area contributed by atoms with Gasteiger partial charge in [0, 0.05) is 25.7 Å². The number of ether oxygens (including phenoxy) is 1. The molecule has 30 heavy (non-hydrogen) atoms. The van der Waals surface area contributed by atoms with Crippen LogP contribution < -0.4 is 21.3 Å². The lowest BCUT2D eigenvalue weighted by Crippen LogP contribution is -2.43. The van der Waals surface area contributed by atoms with Crippen molar-refractivity contribution in [3.05, 3.63) is 47.2 Å². The topological polar surface area (TPSA) is 122 Å². The van der Waals surface area contributed by atoms with Crippen LogP contribution >= 0.6 is 0 Å². The number of carbonyl (C=O) groups excluding carboxylic acids is 2. The van der Waals surface area contributed by atoms with Gasteiger partial charge in [-0.05, 0) is 30.4 Å². The molecule has 1 aromatic heterocycles. The van der Waals surface area contributed by atoms with Gasteiger partial charge in [0.2, 0.25) is 11.9 Å². The van der Waals surface area contributed by atoms with E-state index in [2.05, 4.69) is 38.8 Å². The molecular weight excluding hydrogens is 384 g/mol. The van der Waals surface area contributed by atoms with Crippen molar-refractivity contribution in [3.63, 3.8) is 0 Å². The molecule has 9 heteroatoms. The first-order chi connectivity index (χ1) is 14.5. The molecule has 0 radical (unpaired) electrons. The number of rotatable bonds is 4. The molecule has 0 aliphatic carbocycles. The number of carbonyl (C=O) groups is 2. The fourth-order valence-corrected chi connectivity index (χ4v) is 4.55. The Balaban J connectivity index is 1.37. The highest BCUT2D eigenvalue weighted by molar-refractivity contribution is 5.92. The summed E-state index contributed by atoms with van der Waals surface area (Å²) in [5.41, 5.74) is 7.87. The molecule has 2 fully saturated rings. The van der Waals surface area contributed by atoms with Gasteiger partial charge in [-0.15, -0.1) is 0 Å². The molecule has 156 valence electrons. The molecule has 9 nitrogen and oxygen atoms in total. The third-order valence-electron chi connectivity index (χ3n) is 6.20. The van der Waals surface area contributed by atoms with Gasteiger partial charge >= 0.3 is 0 Å². The number of amides is 2. The predicted octanol–water partition coefficient (Wildman–Crippen LogP) is 0.902. The van der Waals surface area contributed by atoms with Crippen LogP contribution in [0.5, 0.6) is 0 Å². The van der Waals surface area contributed by atoms with Gasteiger partial charge in [-0.25, -0.2) is 4.98 Å². The fraction of sp³-hybridized carbons (Fsp3) is 0.429. The highest BCUT2D eigenvalue weighted by atomic mass is 16.5. The van der Waals surface area contributed by atoms with E-state index in [4.69, 9.17) is 10.5 Å². The number of nitrogens with zero attached hydrogens (tertiary/aromatic N) is 3. The zero-order valence-electron chi connectivity index (χ0n) is 16.6. The van der Waals surface area contributed by atoms with E-state index in [1.807, 2.05) is 11.0 Å². The quantitative estimate of drug-likeness (QED) is 0.687. The van der Waals surface area contributed by atoms with Crippen LogP contribution in [0, 0.1) is 0 Å². The number of nitrogens with one attached hydrogen (secondary N) is 2. The van der Waals surface area contributed by atoms with E-state index in [1.54, 1.807) is 0 Å². The maximum Gasteiger partial charge on any atom is 0.267 e. The largest absolute Gasteiger partial charge is 0.365 e. The zero-order chi connectivity index (χ0) is 20.7. The Morgan fingerprint density at radius 2 is 2.07 bits per heavy atom. The van der Waals surface area contributed by atoms with E-state index in [-0.39, 0.29) is 23.2 Å². The van der Waals surface area contributed by atoms with Gasteiger partial charge in [-0.3, -0.25) is 9.59 Å². The third-order valence-corrected chi connectivity index (χ3v) is 6.20. The number of nitrogens with two attached hydrogens (primary N) is 1. The minimum absolute atomic E-state index is 0.0762. The molecule has 1 unspecified atom stereocenters. The summed E-state index contributed by atoms with van der Waals surface area (Å²) in [6, 6.07) is 9.49. The van der Waals surface area contributed by atoms with Gasteiger partial charge in [-0.1, -0.05) is 24.3 Å². The van der Waals surface area contributed by atoms with Crippen LogP contribution in [0.15, 0.2) is 30.3 Å². The van der Waals surface area contributed by atoms with Crippen molar-refractivity contribution in [2.24, 2.45) is 5.73 Å². The Bertz CT molecular complexity index is 1000. The van der Waals surface area contributed by atoms with E-state index >= 15 is 0 Å². The second kappa shape index (κ2) is 7.24. The molecule has 0 bridgehead atoms. The molecule has 1 spiro atoms. The Hall–Kier alpha value is -3.20. The lowest BCUT2D eigenvalue weighted by molar-refractivity contribution is -0.119. The first-order valence-corrected chi connectivity index (χ1v) is 10.2. The number of anilines is 2. The molecule has 1 atom stereocenters. The van der Waals surface area contributed by atoms with Crippen LogP contribution in [0.4, 0.5) is 11.8 Å². The van der Waals surface area contributed by atoms with E-state index in [0.29, 0.717) is 44.4 Å². The van der Waals surface area contributed by atoms with Gasteiger partial charge < -0.3 is 26.0 Å². The highest BCUT2D eigenvalue weighted by Crippen LogP contribution is 2.44. The van der Waals surface area contributed by atoms with E-state index in [9.17, 15) is 9.59 Å². The highest BCUT2D eigenvalue weighted by Gasteiger charge is 2.42. The van der Waals surface area contributed by atoms with Gasteiger partial charge in [0.05, 0.1) is 12.2 Å². The number of hydrogen-bond acceptors (Lipinski definition) is 7. The van der Waals surface area contributed by atoms with Crippen LogP contribution in [-0.4, -0.2) is 47.5 Å². The van der Waals surface area contributed by atoms with Crippen molar-refractivity contribution in [1.29, 1.82) is 0 Å². The average molecular weight is 408 g/mol. The molecular formula is C21H24N6O3. The second-order valence-electron chi connectivity index (χ2n) is 8.01.